The maximum Gasteiger partial charge on any atom is 0.350 e. The number of piperidine rings is 1. The molecule has 3 fully saturated rings. The average molecular weight is 1590 g/mol. The molecule has 2 amide bonds. The standard InChI is InChI=1S/C51H79NO13.C22H25NO6.C8H14N3O6P/c1-30-16-12-11-13-17-31(2)42(61-8)28-38-21-19-36(7)51(60,65-38)48(57)49(58)52-23-15-14-18-39(52)50(59)64-43(33(4)26-37-20-22-40(53)44(27-37)62-9)29-41(54)32(3)25-35(6)46(56)47(63-10)45(55)34(5)24-30;1-12(24)23-16-8-6-13-10-19(27-3)21(28-4)22(29-5)20(13)14-7-9-18(26-2)17(25)11-15(14)16;9-7-1-2-11(8(13)10-7)3-6(4-12)17-5-18(14,15)16/h11-13,16-17,25,30,32-34,36-40,42-44,46-47,53,56,60H,14-15,18-24,26-29H2,1-10H3;7,9-11,16H,6,8H2,1-5H3,(H,23,24);1-2,6,12H,3-5H2,(H2,9,10,13)(H2,14,15,16)/b13-11?,16-12+,31-17?,35-25+;;/t30-,32-,33-,34-,36-,37+,38+,39+,40-,42+,43+,44-,46-,47+,51-;16-;6-/m100/s1. The maximum atomic E-state index is 14.4. The number of allylic oxidation sites excluding steroid dienone is 6. The molecule has 9 N–H and O–H groups in total. The van der Waals surface area contributed by atoms with Crippen molar-refractivity contribution in [2.75, 3.05) is 75.0 Å². The molecule has 31 heteroatoms. The van der Waals surface area contributed by atoms with Gasteiger partial charge in [0.05, 0.1) is 78.2 Å². The molecule has 2 aromatic carbocycles. The van der Waals surface area contributed by atoms with Crippen LogP contribution in [0.3, 0.4) is 0 Å². The van der Waals surface area contributed by atoms with Gasteiger partial charge in [0.15, 0.2) is 23.0 Å². The number of anilines is 1. The second-order valence-electron chi connectivity index (χ2n) is 29.9. The number of aryl methyl sites for hydroxylation is 1. The van der Waals surface area contributed by atoms with E-state index in [9.17, 15) is 58.2 Å². The van der Waals surface area contributed by atoms with Crippen LogP contribution in [-0.4, -0.2) is 210 Å². The molecule has 1 aromatic heterocycles. The first-order valence-corrected chi connectivity index (χ1v) is 39.9. The van der Waals surface area contributed by atoms with E-state index in [-0.39, 0.29) is 90.3 Å². The fourth-order valence-corrected chi connectivity index (χ4v) is 15.5. The van der Waals surface area contributed by atoms with Crippen LogP contribution in [0, 0.1) is 35.5 Å². The van der Waals surface area contributed by atoms with Gasteiger partial charge in [-0.2, -0.15) is 4.98 Å². The van der Waals surface area contributed by atoms with E-state index in [1.54, 1.807) is 68.5 Å². The molecule has 5 aliphatic rings. The lowest BCUT2D eigenvalue weighted by Crippen LogP contribution is -2.61. The highest BCUT2D eigenvalue weighted by Gasteiger charge is 2.53. The molecule has 3 aliphatic heterocycles. The Morgan fingerprint density at radius 1 is 0.812 bits per heavy atom. The number of carbonyl (C=O) groups is 6. The van der Waals surface area contributed by atoms with E-state index in [2.05, 4.69) is 10.3 Å². The lowest BCUT2D eigenvalue weighted by Gasteiger charge is -2.42. The number of cyclic esters (lactones) is 1. The van der Waals surface area contributed by atoms with E-state index in [0.29, 0.717) is 99.0 Å². The molecule has 2 aliphatic carbocycles. The summed E-state index contributed by atoms with van der Waals surface area (Å²) in [6, 6.07) is 6.82. The van der Waals surface area contributed by atoms with Crippen molar-refractivity contribution in [1.29, 1.82) is 0 Å². The summed E-state index contributed by atoms with van der Waals surface area (Å²) in [7, 11) is 6.35. The van der Waals surface area contributed by atoms with E-state index >= 15 is 0 Å². The Kier molecular flexibility index (Phi) is 36.2. The lowest BCUT2D eigenvalue weighted by molar-refractivity contribution is -0.265. The Morgan fingerprint density at radius 2 is 1.52 bits per heavy atom. The molecule has 112 heavy (non-hydrogen) atoms. The Labute approximate surface area is 655 Å². The highest BCUT2D eigenvalue weighted by atomic mass is 31.2. The number of benzene rings is 1. The van der Waals surface area contributed by atoms with Crippen LogP contribution < -0.4 is 41.1 Å². The van der Waals surface area contributed by atoms with Crippen LogP contribution in [0.2, 0.25) is 0 Å². The van der Waals surface area contributed by atoms with Crippen LogP contribution in [0.5, 0.6) is 23.0 Å². The number of aromatic nitrogens is 2. The van der Waals surface area contributed by atoms with Gasteiger partial charge in [0.25, 0.3) is 11.7 Å². The van der Waals surface area contributed by atoms with Crippen LogP contribution in [-0.2, 0) is 74.7 Å². The monoisotopic (exact) mass is 1590 g/mol. The van der Waals surface area contributed by atoms with Crippen molar-refractivity contribution in [3.8, 4) is 34.1 Å². The number of rotatable bonds is 17. The van der Waals surface area contributed by atoms with Gasteiger partial charge < -0.3 is 93.5 Å². The number of carbonyl (C=O) groups excluding carboxylic acids is 6. The fraction of sp³-hybridized carbons (Fsp3) is 0.617. The number of hydrogen-bond acceptors (Lipinski definition) is 25. The van der Waals surface area contributed by atoms with Crippen molar-refractivity contribution in [2.45, 2.75) is 219 Å². The Bertz CT molecular complexity index is 4010. The van der Waals surface area contributed by atoms with E-state index in [1.165, 1.54) is 44.4 Å². The number of esters is 1. The molecule has 4 heterocycles. The van der Waals surface area contributed by atoms with Gasteiger partial charge in [0, 0.05) is 77.2 Å². The average Bonchev–Trinajstić information content (AvgIpc) is 1.66. The van der Waals surface area contributed by atoms with Gasteiger partial charge in [-0.1, -0.05) is 77.1 Å². The Balaban J connectivity index is 0.000000336. The van der Waals surface area contributed by atoms with Gasteiger partial charge in [-0.25, -0.2) is 9.59 Å². The molecule has 1 saturated carbocycles. The largest absolute Gasteiger partial charge is 0.493 e. The third-order valence-corrected chi connectivity index (χ3v) is 22.0. The highest BCUT2D eigenvalue weighted by Crippen LogP contribution is 2.51. The summed E-state index contributed by atoms with van der Waals surface area (Å²) in [5.41, 5.74) is 8.94. The predicted molar refractivity (Wildman–Crippen MR) is 416 cm³/mol. The summed E-state index contributed by atoms with van der Waals surface area (Å²) in [6.07, 6.45) is 12.1. The van der Waals surface area contributed by atoms with Crippen molar-refractivity contribution in [2.24, 2.45) is 35.5 Å². The number of nitrogens with zero attached hydrogens (tertiary/aromatic N) is 3. The Hall–Kier alpha value is -7.84. The number of hydrogen-bond donors (Lipinski definition) is 8. The molecule has 2 bridgehead atoms. The van der Waals surface area contributed by atoms with Crippen LogP contribution in [0.25, 0.3) is 11.1 Å². The first-order valence-electron chi connectivity index (χ1n) is 38.1. The third kappa shape index (κ3) is 25.3. The molecule has 0 unspecified atom stereocenters. The summed E-state index contributed by atoms with van der Waals surface area (Å²) in [6.45, 7) is 13.6. The van der Waals surface area contributed by atoms with Gasteiger partial charge in [0.1, 0.15) is 42.3 Å². The zero-order valence-electron chi connectivity index (χ0n) is 67.2. The number of Topliss-reactive ketones (excluding diaryl/α,β-unsaturated/α-hetero) is 3. The predicted octanol–water partition coefficient (Wildman–Crippen LogP) is 7.39. The van der Waals surface area contributed by atoms with Gasteiger partial charge in [0.2, 0.25) is 22.9 Å². The molecule has 17 atom stereocenters. The number of methoxy groups -OCH3 is 7. The minimum Gasteiger partial charge on any atom is -0.493 e. The number of aliphatic hydroxyl groups excluding tert-OH is 3. The number of aliphatic hydroxyl groups is 4. The van der Waals surface area contributed by atoms with Gasteiger partial charge in [-0.05, 0) is 161 Å². The second-order valence-corrected chi connectivity index (χ2v) is 31.5. The lowest BCUT2D eigenvalue weighted by atomic mass is 9.78. The Morgan fingerprint density at radius 3 is 2.14 bits per heavy atom. The van der Waals surface area contributed by atoms with Crippen molar-refractivity contribution >= 4 is 48.5 Å². The van der Waals surface area contributed by atoms with Crippen molar-refractivity contribution in [1.82, 2.24) is 19.8 Å². The number of ether oxygens (including phenoxy) is 10. The number of nitrogens with two attached hydrogens (primary N) is 1. The van der Waals surface area contributed by atoms with E-state index in [1.807, 2.05) is 70.2 Å². The summed E-state index contributed by atoms with van der Waals surface area (Å²) in [5, 5.41) is 45.8. The van der Waals surface area contributed by atoms with Gasteiger partial charge >= 0.3 is 19.3 Å². The van der Waals surface area contributed by atoms with E-state index in [4.69, 9.17) is 68.0 Å². The fourth-order valence-electron chi connectivity index (χ4n) is 15.1. The first-order chi connectivity index (χ1) is 53.0. The normalized spacial score (nSPS) is 28.7. The van der Waals surface area contributed by atoms with Crippen molar-refractivity contribution in [3.05, 3.63) is 116 Å². The van der Waals surface area contributed by atoms with Gasteiger partial charge in [-0.3, -0.25) is 37.9 Å². The number of fused-ring (bicyclic) bond motifs is 6. The summed E-state index contributed by atoms with van der Waals surface area (Å²) >= 11 is 0. The first kappa shape index (κ1) is 93.0. The van der Waals surface area contributed by atoms with Gasteiger partial charge in [-0.15, -0.1) is 0 Å². The third-order valence-electron chi connectivity index (χ3n) is 21.6. The molecule has 3 aromatic rings. The molecule has 30 nitrogen and oxygen atoms in total. The SMILES string of the molecule is CO[C@H]1C[C@@H]2CC[C@@H](C)[C@@](O)(O2)C(=O)C(=O)N2CCCC[C@H]2C(=O)O[C@H]([C@H](C)C[C@@H]2CC[C@@H](O)[C@H](OC)C2)CC(=O)[C@H](C)/C=C(\C)[C@@H](O)[C@@H](OC)C(=O)[C@H](C)C[C@H](C)/C=C/C=CC=C1C.COc1cc2c(c(OC)c1OC)-c1ccc(OC)c(=O)cc1[C@@H](NC(C)=O)CC2.Nc1ccn(C[C@@H](CO)OCP(=O)(O)O)c(=O)n1. The van der Waals surface area contributed by atoms with E-state index in [0.717, 1.165) is 33.3 Å². The zero-order chi connectivity index (χ0) is 83.1. The van der Waals surface area contributed by atoms with Crippen molar-refractivity contribution in [3.63, 3.8) is 0 Å². The highest BCUT2D eigenvalue weighted by molar-refractivity contribution is 7.51. The molecule has 622 valence electrons. The number of nitrogen functional groups attached to an aromatic ring is 1. The molecule has 2 saturated heterocycles. The maximum absolute atomic E-state index is 14.4. The number of nitrogens with one attached hydrogen (secondary N) is 1. The zero-order valence-corrected chi connectivity index (χ0v) is 68.1. The molecular formula is C81H118N5O25P. The van der Waals surface area contributed by atoms with Crippen LogP contribution >= 0.6 is 7.60 Å². The van der Waals surface area contributed by atoms with Crippen LogP contribution in [0.1, 0.15) is 156 Å². The molecular weight excluding hydrogens is 1470 g/mol. The smallest absolute Gasteiger partial charge is 0.350 e. The van der Waals surface area contributed by atoms with Crippen LogP contribution in [0.15, 0.2) is 93.7 Å². The van der Waals surface area contributed by atoms with Crippen molar-refractivity contribution < 1.29 is 111 Å². The second kappa shape index (κ2) is 43.6. The topological polar surface area (TPSA) is 426 Å². The number of amides is 2. The summed E-state index contributed by atoms with van der Waals surface area (Å²) in [5.74, 6) is -6.29. The minimum absolute atomic E-state index is 0.0193. The molecule has 8 rings (SSSR count). The van der Waals surface area contributed by atoms with E-state index < -0.39 is 116 Å². The number of ketones is 3. The van der Waals surface area contributed by atoms with Crippen LogP contribution in [0.4, 0.5) is 5.82 Å². The summed E-state index contributed by atoms with van der Waals surface area (Å²) in [4.78, 5) is 128. The minimum atomic E-state index is -4.31. The molecule has 0 spiro atoms. The summed E-state index contributed by atoms with van der Waals surface area (Å²) < 4.78 is 67.9. The quantitative estimate of drug-likeness (QED) is 0.0282. The molecule has 0 radical (unpaired) electrons.